The Kier molecular flexibility index (Phi) is 4.14. The lowest BCUT2D eigenvalue weighted by molar-refractivity contribution is 0.102. The van der Waals surface area contributed by atoms with Crippen molar-refractivity contribution in [3.05, 3.63) is 44.9 Å². The fourth-order valence-electron chi connectivity index (χ4n) is 1.49. The number of carbonyl (C=O) groups excluding carboxylic acids is 1. The van der Waals surface area contributed by atoms with Gasteiger partial charge in [0.05, 0.1) is 10.7 Å². The summed E-state index contributed by atoms with van der Waals surface area (Å²) in [6, 6.07) is 4.94. The van der Waals surface area contributed by atoms with Gasteiger partial charge in [0.2, 0.25) is 0 Å². The molecule has 3 N–H and O–H groups in total. The number of carbonyl (C=O) groups is 1. The Morgan fingerprint density at radius 2 is 2.26 bits per heavy atom. The number of rotatable bonds is 3. The van der Waals surface area contributed by atoms with Gasteiger partial charge in [-0.2, -0.15) is 0 Å². The summed E-state index contributed by atoms with van der Waals surface area (Å²) in [5, 5.41) is 5.72. The van der Waals surface area contributed by atoms with Gasteiger partial charge in [0.1, 0.15) is 10.7 Å². The van der Waals surface area contributed by atoms with E-state index >= 15 is 0 Å². The third kappa shape index (κ3) is 3.28. The predicted molar refractivity (Wildman–Crippen MR) is 82.1 cm³/mol. The smallest absolute Gasteiger partial charge is 0.275 e. The molecule has 7 heteroatoms. The Bertz CT molecular complexity index is 654. The number of nitrogens with one attached hydrogen (secondary N) is 1. The predicted octanol–water partition coefficient (Wildman–Crippen LogP) is 2.99. The molecule has 1 amide bonds. The van der Waals surface area contributed by atoms with Crippen LogP contribution < -0.4 is 11.1 Å². The van der Waals surface area contributed by atoms with Crippen LogP contribution in [0.1, 0.15) is 21.1 Å². The largest absolute Gasteiger partial charge is 0.389 e. The lowest BCUT2D eigenvalue weighted by atomic mass is 10.1. The zero-order chi connectivity index (χ0) is 14.0. The first kappa shape index (κ1) is 13.9. The van der Waals surface area contributed by atoms with Crippen molar-refractivity contribution in [2.24, 2.45) is 5.73 Å². The maximum Gasteiger partial charge on any atom is 0.275 e. The Balaban J connectivity index is 2.30. The summed E-state index contributed by atoms with van der Waals surface area (Å²) in [6.07, 6.45) is 0. The maximum atomic E-state index is 12.0. The molecule has 0 saturated heterocycles. The molecule has 0 radical (unpaired) electrons. The number of nitrogens with zero attached hydrogens (tertiary/aromatic N) is 1. The summed E-state index contributed by atoms with van der Waals surface area (Å²) in [5.74, 6) is -0.316. The molecule has 0 bridgehead atoms. The summed E-state index contributed by atoms with van der Waals surface area (Å²) >= 11 is 12.3. The zero-order valence-corrected chi connectivity index (χ0v) is 12.3. The number of nitrogens with two attached hydrogens (primary N) is 1. The van der Waals surface area contributed by atoms with Crippen LogP contribution >= 0.6 is 35.2 Å². The third-order valence-electron chi connectivity index (χ3n) is 2.35. The average molecular weight is 312 g/mol. The highest BCUT2D eigenvalue weighted by molar-refractivity contribution is 7.80. The van der Waals surface area contributed by atoms with Gasteiger partial charge in [-0.15, -0.1) is 11.3 Å². The van der Waals surface area contributed by atoms with E-state index in [0.29, 0.717) is 22.0 Å². The summed E-state index contributed by atoms with van der Waals surface area (Å²) < 4.78 is 0. The monoisotopic (exact) mass is 311 g/mol. The number of thiazole rings is 1. The van der Waals surface area contributed by atoms with E-state index in [9.17, 15) is 4.79 Å². The van der Waals surface area contributed by atoms with Crippen LogP contribution in [-0.4, -0.2) is 15.9 Å². The first-order chi connectivity index (χ1) is 8.97. The molecule has 0 aliphatic carbocycles. The van der Waals surface area contributed by atoms with Gasteiger partial charge >= 0.3 is 0 Å². The van der Waals surface area contributed by atoms with Crippen molar-refractivity contribution < 1.29 is 4.79 Å². The van der Waals surface area contributed by atoms with E-state index in [4.69, 9.17) is 29.6 Å². The number of halogens is 1. The van der Waals surface area contributed by atoms with E-state index < -0.39 is 0 Å². The molecule has 4 nitrogen and oxygen atoms in total. The van der Waals surface area contributed by atoms with Crippen LogP contribution in [0.5, 0.6) is 0 Å². The molecule has 1 heterocycles. The fraction of sp³-hybridized carbons (Fsp3) is 0.0833. The van der Waals surface area contributed by atoms with Crippen LogP contribution in [0.3, 0.4) is 0 Å². The van der Waals surface area contributed by atoms with E-state index in [2.05, 4.69) is 10.3 Å². The molecule has 2 rings (SSSR count). The van der Waals surface area contributed by atoms with Gasteiger partial charge < -0.3 is 11.1 Å². The second-order valence-corrected chi connectivity index (χ2v) is 5.70. The Morgan fingerprint density at radius 1 is 1.53 bits per heavy atom. The highest BCUT2D eigenvalue weighted by Crippen LogP contribution is 2.22. The second kappa shape index (κ2) is 5.64. The maximum absolute atomic E-state index is 12.0. The molecule has 98 valence electrons. The first-order valence-electron chi connectivity index (χ1n) is 5.30. The standard InChI is InChI=1S/C12H10ClN3OS2/c1-6-15-10(5-19-6)12(17)16-9-4-7(13)2-3-8(9)11(14)18/h2-5H,1H3,(H2,14,18)(H,16,17). The molecule has 0 saturated carbocycles. The molecule has 0 fully saturated rings. The molecule has 0 aliphatic heterocycles. The van der Waals surface area contributed by atoms with Crippen molar-refractivity contribution in [1.29, 1.82) is 0 Å². The minimum Gasteiger partial charge on any atom is -0.389 e. The van der Waals surface area contributed by atoms with Crippen LogP contribution in [0.4, 0.5) is 5.69 Å². The van der Waals surface area contributed by atoms with Gasteiger partial charge in [-0.1, -0.05) is 23.8 Å². The van der Waals surface area contributed by atoms with Crippen molar-refractivity contribution in [2.75, 3.05) is 5.32 Å². The van der Waals surface area contributed by atoms with Gasteiger partial charge in [0.25, 0.3) is 5.91 Å². The number of amides is 1. The SMILES string of the molecule is Cc1nc(C(=O)Nc2cc(Cl)ccc2C(N)=S)cs1. The number of aromatic nitrogens is 1. The van der Waals surface area contributed by atoms with Gasteiger partial charge in [0.15, 0.2) is 0 Å². The molecule has 2 aromatic rings. The summed E-state index contributed by atoms with van der Waals surface area (Å²) in [4.78, 5) is 16.3. The highest BCUT2D eigenvalue weighted by atomic mass is 35.5. The minimum atomic E-state index is -0.316. The summed E-state index contributed by atoms with van der Waals surface area (Å²) in [6.45, 7) is 1.83. The van der Waals surface area contributed by atoms with E-state index in [0.717, 1.165) is 5.01 Å². The lowest BCUT2D eigenvalue weighted by Crippen LogP contribution is -2.17. The van der Waals surface area contributed by atoms with Gasteiger partial charge in [-0.25, -0.2) is 4.98 Å². The van der Waals surface area contributed by atoms with Gasteiger partial charge in [-0.3, -0.25) is 4.79 Å². The van der Waals surface area contributed by atoms with Crippen LogP contribution in [0, 0.1) is 6.92 Å². The van der Waals surface area contributed by atoms with Crippen molar-refractivity contribution in [1.82, 2.24) is 4.98 Å². The quantitative estimate of drug-likeness (QED) is 0.855. The van der Waals surface area contributed by atoms with E-state index in [1.54, 1.807) is 23.6 Å². The Hall–Kier alpha value is -1.50. The van der Waals surface area contributed by atoms with Gasteiger partial charge in [0, 0.05) is 16.0 Å². The lowest BCUT2D eigenvalue weighted by Gasteiger charge is -2.09. The summed E-state index contributed by atoms with van der Waals surface area (Å²) in [5.41, 5.74) is 7.02. The molecular formula is C12H10ClN3OS2. The Labute approximate surface area is 124 Å². The van der Waals surface area contributed by atoms with Crippen LogP contribution in [0.25, 0.3) is 0 Å². The molecule has 1 aromatic carbocycles. The summed E-state index contributed by atoms with van der Waals surface area (Å²) in [7, 11) is 0. The molecule has 0 unspecified atom stereocenters. The molecular weight excluding hydrogens is 302 g/mol. The van der Waals surface area contributed by atoms with E-state index in [1.807, 2.05) is 6.92 Å². The number of hydrogen-bond acceptors (Lipinski definition) is 4. The van der Waals surface area contributed by atoms with E-state index in [-0.39, 0.29) is 10.9 Å². The third-order valence-corrected chi connectivity index (χ3v) is 3.58. The molecule has 19 heavy (non-hydrogen) atoms. The van der Waals surface area contributed by atoms with E-state index in [1.165, 1.54) is 11.3 Å². The van der Waals surface area contributed by atoms with Crippen molar-refractivity contribution in [3.8, 4) is 0 Å². The number of aryl methyl sites for hydroxylation is 1. The van der Waals surface area contributed by atoms with Crippen LogP contribution in [0.15, 0.2) is 23.6 Å². The van der Waals surface area contributed by atoms with Gasteiger partial charge in [-0.05, 0) is 25.1 Å². The van der Waals surface area contributed by atoms with Crippen molar-refractivity contribution >= 4 is 51.7 Å². The van der Waals surface area contributed by atoms with Crippen LogP contribution in [0.2, 0.25) is 5.02 Å². The van der Waals surface area contributed by atoms with Crippen molar-refractivity contribution in [2.45, 2.75) is 6.92 Å². The van der Waals surface area contributed by atoms with Crippen molar-refractivity contribution in [3.63, 3.8) is 0 Å². The number of benzene rings is 1. The Morgan fingerprint density at radius 3 is 2.84 bits per heavy atom. The second-order valence-electron chi connectivity index (χ2n) is 3.76. The normalized spacial score (nSPS) is 10.2. The first-order valence-corrected chi connectivity index (χ1v) is 6.97. The van der Waals surface area contributed by atoms with Crippen LogP contribution in [-0.2, 0) is 0 Å². The molecule has 1 aromatic heterocycles. The number of thiocarbonyl (C=S) groups is 1. The molecule has 0 atom stereocenters. The number of anilines is 1. The molecule has 0 aliphatic rings. The highest BCUT2D eigenvalue weighted by Gasteiger charge is 2.13. The fourth-order valence-corrected chi connectivity index (χ4v) is 2.43. The average Bonchev–Trinajstić information content (AvgIpc) is 2.75. The topological polar surface area (TPSA) is 68.0 Å². The zero-order valence-electron chi connectivity index (χ0n) is 9.94. The minimum absolute atomic E-state index is 0.196. The molecule has 0 spiro atoms. The number of hydrogen-bond donors (Lipinski definition) is 2.